The van der Waals surface area contributed by atoms with Gasteiger partial charge in [0, 0.05) is 12.3 Å². The zero-order chi connectivity index (χ0) is 16.8. The molecule has 1 aromatic carbocycles. The van der Waals surface area contributed by atoms with Gasteiger partial charge in [0.2, 0.25) is 0 Å². The third-order valence-electron chi connectivity index (χ3n) is 4.51. The van der Waals surface area contributed by atoms with Gasteiger partial charge in [-0.15, -0.1) is 0 Å². The van der Waals surface area contributed by atoms with Gasteiger partial charge in [-0.3, -0.25) is 4.57 Å². The summed E-state index contributed by atoms with van der Waals surface area (Å²) in [6.07, 6.45) is 0.967. The molecule has 7 heteroatoms. The lowest BCUT2D eigenvalue weighted by atomic mass is 9.86. The van der Waals surface area contributed by atoms with Gasteiger partial charge in [0.05, 0.1) is 29.6 Å². The van der Waals surface area contributed by atoms with Crippen molar-refractivity contribution in [2.45, 2.75) is 38.9 Å². The first-order valence-corrected chi connectivity index (χ1v) is 7.48. The Morgan fingerprint density at radius 1 is 1.17 bits per heavy atom. The maximum atomic E-state index is 14.3. The van der Waals surface area contributed by atoms with Crippen LogP contribution < -0.4 is 10.3 Å². The second-order valence-electron chi connectivity index (χ2n) is 6.59. The molecule has 0 amide bonds. The predicted molar refractivity (Wildman–Crippen MR) is 85.8 cm³/mol. The quantitative estimate of drug-likeness (QED) is 0.815. The number of aromatic nitrogens is 2. The second-order valence-corrected chi connectivity index (χ2v) is 6.59. The van der Waals surface area contributed by atoms with Crippen LogP contribution in [-0.2, 0) is 9.31 Å². The predicted octanol–water partition coefficient (Wildman–Crippen LogP) is 2.32. The van der Waals surface area contributed by atoms with Gasteiger partial charge in [-0.25, -0.2) is 4.98 Å². The van der Waals surface area contributed by atoms with Crippen molar-refractivity contribution in [1.29, 1.82) is 0 Å². The van der Waals surface area contributed by atoms with Crippen LogP contribution >= 0.6 is 0 Å². The van der Waals surface area contributed by atoms with E-state index in [1.165, 1.54) is 4.57 Å². The summed E-state index contributed by atoms with van der Waals surface area (Å²) in [5.41, 5.74) is 0.0444. The molecule has 23 heavy (non-hydrogen) atoms. The number of ether oxygens (including phenoxy) is 1. The minimum Gasteiger partial charge on any atom is -0.497 e. The topological polar surface area (TPSA) is 45.5 Å². The maximum absolute atomic E-state index is 14.3. The van der Waals surface area contributed by atoms with E-state index in [1.807, 2.05) is 27.7 Å². The summed E-state index contributed by atoms with van der Waals surface area (Å²) in [5.74, 6) is 0.646. The Morgan fingerprint density at radius 2 is 1.83 bits per heavy atom. The molecule has 5 nitrogen and oxygen atoms in total. The molecule has 0 saturated carbocycles. The molecule has 0 aliphatic carbocycles. The summed E-state index contributed by atoms with van der Waals surface area (Å²) in [7, 11) is 0.875. The smallest absolute Gasteiger partial charge is 0.497 e. The minimum absolute atomic E-state index is 0.406. The van der Waals surface area contributed by atoms with Gasteiger partial charge < -0.3 is 14.0 Å². The summed E-state index contributed by atoms with van der Waals surface area (Å²) >= 11 is 0. The highest BCUT2D eigenvalue weighted by Crippen LogP contribution is 2.36. The number of methoxy groups -OCH3 is 1. The van der Waals surface area contributed by atoms with Crippen molar-refractivity contribution < 1.29 is 18.4 Å². The van der Waals surface area contributed by atoms with Gasteiger partial charge in [-0.2, -0.15) is 4.39 Å². The van der Waals surface area contributed by atoms with Gasteiger partial charge in [0.1, 0.15) is 5.75 Å². The zero-order valence-electron chi connectivity index (χ0n) is 14.0. The largest absolute Gasteiger partial charge is 0.516 e. The number of benzene rings is 1. The van der Waals surface area contributed by atoms with E-state index in [0.29, 0.717) is 17.0 Å². The molecule has 0 N–H and O–H groups in total. The average molecular weight is 318 g/mol. The first-order chi connectivity index (χ1) is 10.7. The van der Waals surface area contributed by atoms with Crippen molar-refractivity contribution in [3.05, 3.63) is 36.5 Å². The Kier molecular flexibility index (Phi) is 3.73. The fraction of sp³-hybridized carbons (Fsp3) is 0.438. The Labute approximate surface area is 135 Å². The van der Waals surface area contributed by atoms with Crippen LogP contribution in [-0.4, -0.2) is 35.0 Å². The van der Waals surface area contributed by atoms with Crippen molar-refractivity contribution in [1.82, 2.24) is 9.55 Å². The number of nitrogens with zero attached hydrogens (tertiary/aromatic N) is 2. The van der Waals surface area contributed by atoms with Crippen molar-refractivity contribution in [3.8, 4) is 11.4 Å². The standard InChI is InChI=1S/C16H20BFN2O3/c1-15(2)16(3,4)23-17(22-15)13-10-20(14(18)19-13)11-7-6-8-12(9-11)21-5/h6-10H,1-5H3. The lowest BCUT2D eigenvalue weighted by Crippen LogP contribution is -2.41. The van der Waals surface area contributed by atoms with Gasteiger partial charge >= 0.3 is 7.12 Å². The fourth-order valence-electron chi connectivity index (χ4n) is 2.39. The molecule has 0 unspecified atom stereocenters. The number of hydrogen-bond donors (Lipinski definition) is 0. The number of rotatable bonds is 3. The minimum atomic E-state index is -0.693. The highest BCUT2D eigenvalue weighted by atomic mass is 19.1. The molecule has 2 heterocycles. The molecule has 2 aromatic rings. The molecule has 1 aromatic heterocycles. The maximum Gasteiger partial charge on any atom is 0.516 e. The third-order valence-corrected chi connectivity index (χ3v) is 4.51. The third kappa shape index (κ3) is 2.75. The molecule has 1 fully saturated rings. The van der Waals surface area contributed by atoms with Crippen molar-refractivity contribution in [2.75, 3.05) is 7.11 Å². The summed E-state index contributed by atoms with van der Waals surface area (Å²) in [6, 6.07) is 7.11. The lowest BCUT2D eigenvalue weighted by molar-refractivity contribution is 0.00578. The van der Waals surface area contributed by atoms with E-state index in [9.17, 15) is 4.39 Å². The monoisotopic (exact) mass is 318 g/mol. The molecule has 0 bridgehead atoms. The first-order valence-electron chi connectivity index (χ1n) is 7.48. The second kappa shape index (κ2) is 5.35. The van der Waals surface area contributed by atoms with Crippen LogP contribution in [0.5, 0.6) is 5.75 Å². The van der Waals surface area contributed by atoms with E-state index in [-0.39, 0.29) is 0 Å². The summed E-state index contributed by atoms with van der Waals surface area (Å²) in [5, 5.41) is 0. The molecular weight excluding hydrogens is 298 g/mol. The van der Waals surface area contributed by atoms with Crippen molar-refractivity contribution in [2.24, 2.45) is 0 Å². The SMILES string of the molecule is COc1cccc(-n2cc(B3OC(C)(C)C(C)(C)O3)nc2F)c1. The van der Waals surface area contributed by atoms with Gasteiger partial charge in [0.25, 0.3) is 6.08 Å². The molecule has 1 aliphatic heterocycles. The van der Waals surface area contributed by atoms with E-state index < -0.39 is 24.4 Å². The molecular formula is C16H20BFN2O3. The molecule has 0 spiro atoms. The molecule has 0 atom stereocenters. The Balaban J connectivity index is 1.93. The summed E-state index contributed by atoms with van der Waals surface area (Å²) in [6.45, 7) is 7.79. The van der Waals surface area contributed by atoms with E-state index in [4.69, 9.17) is 14.0 Å². The fourth-order valence-corrected chi connectivity index (χ4v) is 2.39. The van der Waals surface area contributed by atoms with Crippen LogP contribution in [0.1, 0.15) is 27.7 Å². The molecule has 3 rings (SSSR count). The van der Waals surface area contributed by atoms with Crippen LogP contribution in [0.4, 0.5) is 4.39 Å². The number of imidazole rings is 1. The highest BCUT2D eigenvalue weighted by Gasteiger charge is 2.52. The van der Waals surface area contributed by atoms with Crippen LogP contribution in [0.3, 0.4) is 0 Å². The van der Waals surface area contributed by atoms with E-state index in [1.54, 1.807) is 37.6 Å². The zero-order valence-corrected chi connectivity index (χ0v) is 14.0. The van der Waals surface area contributed by atoms with Crippen LogP contribution in [0, 0.1) is 6.08 Å². The van der Waals surface area contributed by atoms with Gasteiger partial charge in [-0.1, -0.05) is 6.07 Å². The number of halogens is 1. The Morgan fingerprint density at radius 3 is 2.43 bits per heavy atom. The number of hydrogen-bond acceptors (Lipinski definition) is 4. The summed E-state index contributed by atoms with van der Waals surface area (Å²) in [4.78, 5) is 3.96. The molecule has 1 aliphatic rings. The normalized spacial score (nSPS) is 19.1. The average Bonchev–Trinajstić information content (AvgIpc) is 2.97. The lowest BCUT2D eigenvalue weighted by Gasteiger charge is -2.32. The van der Waals surface area contributed by atoms with Crippen LogP contribution in [0.15, 0.2) is 30.5 Å². The van der Waals surface area contributed by atoms with Gasteiger partial charge in [-0.05, 0) is 39.8 Å². The molecule has 122 valence electrons. The van der Waals surface area contributed by atoms with Gasteiger partial charge in [0.15, 0.2) is 0 Å². The van der Waals surface area contributed by atoms with E-state index >= 15 is 0 Å². The van der Waals surface area contributed by atoms with E-state index in [0.717, 1.165) is 0 Å². The Bertz CT molecular complexity index is 714. The van der Waals surface area contributed by atoms with Crippen molar-refractivity contribution >= 4 is 12.7 Å². The van der Waals surface area contributed by atoms with Crippen molar-refractivity contribution in [3.63, 3.8) is 0 Å². The first kappa shape index (κ1) is 16.0. The summed E-state index contributed by atoms with van der Waals surface area (Å²) < 4.78 is 32.6. The highest BCUT2D eigenvalue weighted by molar-refractivity contribution is 6.61. The molecule has 0 radical (unpaired) electrons. The van der Waals surface area contributed by atoms with Crippen LogP contribution in [0.25, 0.3) is 5.69 Å². The van der Waals surface area contributed by atoms with Crippen LogP contribution in [0.2, 0.25) is 0 Å². The van der Waals surface area contributed by atoms with E-state index in [2.05, 4.69) is 4.98 Å². The molecule has 1 saturated heterocycles. The Hall–Kier alpha value is -1.86.